The molecule has 7 nitrogen and oxygen atoms in total. The Labute approximate surface area is 96.8 Å². The minimum Gasteiger partial charge on any atom is -0.333 e. The molecule has 0 spiro atoms. The van der Waals surface area contributed by atoms with Crippen molar-refractivity contribution in [3.8, 4) is 0 Å². The van der Waals surface area contributed by atoms with Crippen LogP contribution in [0.5, 0.6) is 0 Å². The number of carbonyl (C=O) groups is 1. The third-order valence-electron chi connectivity index (χ3n) is 2.81. The number of amides is 1. The molecule has 0 aromatic carbocycles. The van der Waals surface area contributed by atoms with Crippen molar-refractivity contribution in [2.75, 3.05) is 19.6 Å². The van der Waals surface area contributed by atoms with E-state index in [1.807, 2.05) is 11.9 Å². The van der Waals surface area contributed by atoms with Gasteiger partial charge in [0.1, 0.15) is 5.56 Å². The second-order valence-electron chi connectivity index (χ2n) is 4.04. The van der Waals surface area contributed by atoms with E-state index in [-0.39, 0.29) is 17.5 Å². The van der Waals surface area contributed by atoms with Crippen molar-refractivity contribution in [1.29, 1.82) is 0 Å². The molecule has 1 aliphatic rings. The molecule has 1 atom stereocenters. The molecule has 2 heterocycles. The van der Waals surface area contributed by atoms with E-state index in [4.69, 9.17) is 0 Å². The van der Waals surface area contributed by atoms with E-state index < -0.39 is 11.2 Å². The molecule has 0 radical (unpaired) electrons. The number of nitrogens with one attached hydrogen (secondary N) is 3. The van der Waals surface area contributed by atoms with Crippen LogP contribution in [-0.2, 0) is 0 Å². The van der Waals surface area contributed by atoms with E-state index >= 15 is 0 Å². The number of nitrogens with zero attached hydrogens (tertiary/aromatic N) is 1. The van der Waals surface area contributed by atoms with Crippen molar-refractivity contribution >= 4 is 5.91 Å². The Morgan fingerprint density at radius 2 is 2.24 bits per heavy atom. The molecule has 1 amide bonds. The van der Waals surface area contributed by atoms with Gasteiger partial charge in [0, 0.05) is 31.9 Å². The first-order chi connectivity index (χ1) is 8.09. The third kappa shape index (κ3) is 2.28. The second-order valence-corrected chi connectivity index (χ2v) is 4.04. The highest BCUT2D eigenvalue weighted by atomic mass is 16.2. The molecule has 0 unspecified atom stereocenters. The number of H-pyrrole nitrogens is 2. The van der Waals surface area contributed by atoms with Crippen LogP contribution in [0, 0.1) is 0 Å². The molecule has 1 aromatic rings. The number of hydrogen-bond donors (Lipinski definition) is 3. The largest absolute Gasteiger partial charge is 0.333 e. The van der Waals surface area contributed by atoms with Gasteiger partial charge in [-0.1, -0.05) is 0 Å². The summed E-state index contributed by atoms with van der Waals surface area (Å²) in [6, 6.07) is 0.0302. The average Bonchev–Trinajstić information content (AvgIpc) is 2.29. The SMILES string of the molecule is C[C@H]1CNCCN1C(=O)c1c[nH]c(=O)[nH]c1=O. The highest BCUT2D eigenvalue weighted by molar-refractivity contribution is 5.93. The molecule has 1 saturated heterocycles. The number of carbonyl (C=O) groups excluding carboxylic acids is 1. The monoisotopic (exact) mass is 238 g/mol. The maximum atomic E-state index is 12.1. The minimum atomic E-state index is -0.649. The zero-order valence-corrected chi connectivity index (χ0v) is 9.45. The molecule has 17 heavy (non-hydrogen) atoms. The Morgan fingerprint density at radius 3 is 2.88 bits per heavy atom. The van der Waals surface area contributed by atoms with Crippen LogP contribution in [0.4, 0.5) is 0 Å². The molecule has 0 aliphatic carbocycles. The maximum absolute atomic E-state index is 12.1. The van der Waals surface area contributed by atoms with Gasteiger partial charge in [-0.05, 0) is 6.92 Å². The van der Waals surface area contributed by atoms with E-state index in [1.165, 1.54) is 0 Å². The van der Waals surface area contributed by atoms with Crippen molar-refractivity contribution in [3.05, 3.63) is 32.6 Å². The minimum absolute atomic E-state index is 0.0293. The Kier molecular flexibility index (Phi) is 3.10. The molecular weight excluding hydrogens is 224 g/mol. The molecule has 2 rings (SSSR count). The Bertz CT molecular complexity index is 533. The molecule has 0 bridgehead atoms. The summed E-state index contributed by atoms with van der Waals surface area (Å²) < 4.78 is 0. The van der Waals surface area contributed by atoms with Gasteiger partial charge in [0.15, 0.2) is 0 Å². The van der Waals surface area contributed by atoms with E-state index in [0.29, 0.717) is 19.6 Å². The fourth-order valence-electron chi connectivity index (χ4n) is 1.87. The molecular formula is C10H14N4O3. The topological polar surface area (TPSA) is 98.1 Å². The van der Waals surface area contributed by atoms with E-state index in [0.717, 1.165) is 6.20 Å². The standard InChI is InChI=1S/C10H14N4O3/c1-6-4-11-2-3-14(6)9(16)7-5-12-10(17)13-8(7)15/h5-6,11H,2-4H2,1H3,(H2,12,13,15,17)/t6-/m0/s1. The molecule has 3 N–H and O–H groups in total. The summed E-state index contributed by atoms with van der Waals surface area (Å²) in [5.41, 5.74) is -1.29. The second kappa shape index (κ2) is 4.54. The Hall–Kier alpha value is -1.89. The molecule has 0 saturated carbocycles. The van der Waals surface area contributed by atoms with Crippen molar-refractivity contribution in [1.82, 2.24) is 20.2 Å². The average molecular weight is 238 g/mol. The van der Waals surface area contributed by atoms with Gasteiger partial charge in [0.25, 0.3) is 11.5 Å². The third-order valence-corrected chi connectivity index (χ3v) is 2.81. The lowest BCUT2D eigenvalue weighted by Crippen LogP contribution is -2.53. The summed E-state index contributed by atoms with van der Waals surface area (Å²) in [5, 5.41) is 3.16. The van der Waals surface area contributed by atoms with Crippen LogP contribution >= 0.6 is 0 Å². The van der Waals surface area contributed by atoms with Gasteiger partial charge in [-0.3, -0.25) is 14.6 Å². The van der Waals surface area contributed by atoms with Gasteiger partial charge in [-0.25, -0.2) is 4.79 Å². The molecule has 1 fully saturated rings. The van der Waals surface area contributed by atoms with Crippen LogP contribution in [0.25, 0.3) is 0 Å². The van der Waals surface area contributed by atoms with Gasteiger partial charge in [-0.15, -0.1) is 0 Å². The summed E-state index contributed by atoms with van der Waals surface area (Å²) in [4.78, 5) is 40.4. The summed E-state index contributed by atoms with van der Waals surface area (Å²) in [5.74, 6) is -0.350. The van der Waals surface area contributed by atoms with Crippen LogP contribution in [-0.4, -0.2) is 46.5 Å². The number of aromatic nitrogens is 2. The predicted molar refractivity (Wildman–Crippen MR) is 61.1 cm³/mol. The molecule has 7 heteroatoms. The maximum Gasteiger partial charge on any atom is 0.325 e. The van der Waals surface area contributed by atoms with Crippen molar-refractivity contribution in [2.24, 2.45) is 0 Å². The van der Waals surface area contributed by atoms with E-state index in [2.05, 4.69) is 10.3 Å². The molecule has 1 aromatic heterocycles. The Morgan fingerprint density at radius 1 is 1.47 bits per heavy atom. The van der Waals surface area contributed by atoms with Gasteiger partial charge in [-0.2, -0.15) is 0 Å². The van der Waals surface area contributed by atoms with Crippen LogP contribution in [0.2, 0.25) is 0 Å². The summed E-state index contributed by atoms with van der Waals surface area (Å²) in [7, 11) is 0. The summed E-state index contributed by atoms with van der Waals surface area (Å²) >= 11 is 0. The van der Waals surface area contributed by atoms with Crippen molar-refractivity contribution in [3.63, 3.8) is 0 Å². The zero-order valence-electron chi connectivity index (χ0n) is 9.45. The highest BCUT2D eigenvalue weighted by Crippen LogP contribution is 2.06. The van der Waals surface area contributed by atoms with Gasteiger partial charge < -0.3 is 15.2 Å². The van der Waals surface area contributed by atoms with Crippen LogP contribution in [0.3, 0.4) is 0 Å². The van der Waals surface area contributed by atoms with Crippen LogP contribution < -0.4 is 16.6 Å². The lowest BCUT2D eigenvalue weighted by Gasteiger charge is -2.33. The predicted octanol–water partition coefficient (Wildman–Crippen LogP) is -1.50. The normalized spacial score (nSPS) is 20.3. The quantitative estimate of drug-likeness (QED) is 0.554. The number of rotatable bonds is 1. The van der Waals surface area contributed by atoms with Gasteiger partial charge >= 0.3 is 5.69 Å². The lowest BCUT2D eigenvalue weighted by molar-refractivity contribution is 0.0653. The first-order valence-corrected chi connectivity index (χ1v) is 5.43. The Balaban J connectivity index is 2.30. The van der Waals surface area contributed by atoms with Crippen molar-refractivity contribution in [2.45, 2.75) is 13.0 Å². The number of piperazine rings is 1. The molecule has 92 valence electrons. The number of aromatic amines is 2. The zero-order chi connectivity index (χ0) is 12.4. The first kappa shape index (κ1) is 11.6. The smallest absolute Gasteiger partial charge is 0.325 e. The van der Waals surface area contributed by atoms with Crippen LogP contribution in [0.1, 0.15) is 17.3 Å². The van der Waals surface area contributed by atoms with E-state index in [9.17, 15) is 14.4 Å². The summed E-state index contributed by atoms with van der Waals surface area (Å²) in [6.07, 6.45) is 1.16. The lowest BCUT2D eigenvalue weighted by atomic mass is 10.2. The number of hydrogen-bond acceptors (Lipinski definition) is 4. The van der Waals surface area contributed by atoms with Crippen LogP contribution in [0.15, 0.2) is 15.8 Å². The van der Waals surface area contributed by atoms with E-state index in [1.54, 1.807) is 4.90 Å². The van der Waals surface area contributed by atoms with Gasteiger partial charge in [0.2, 0.25) is 0 Å². The van der Waals surface area contributed by atoms with Gasteiger partial charge in [0.05, 0.1) is 0 Å². The molecule has 1 aliphatic heterocycles. The fraction of sp³-hybridized carbons (Fsp3) is 0.500. The fourth-order valence-corrected chi connectivity index (χ4v) is 1.87. The highest BCUT2D eigenvalue weighted by Gasteiger charge is 2.25. The van der Waals surface area contributed by atoms with Crippen molar-refractivity contribution < 1.29 is 4.79 Å². The first-order valence-electron chi connectivity index (χ1n) is 5.43. The summed E-state index contributed by atoms with van der Waals surface area (Å²) in [6.45, 7) is 3.87.